The van der Waals surface area contributed by atoms with Gasteiger partial charge in [0.2, 0.25) is 0 Å². The van der Waals surface area contributed by atoms with Crippen LogP contribution >= 0.6 is 11.3 Å². The molecule has 0 aliphatic heterocycles. The van der Waals surface area contributed by atoms with E-state index in [1.807, 2.05) is 9.95 Å². The Bertz CT molecular complexity index is 655. The molecule has 6 heteroatoms. The first-order chi connectivity index (χ1) is 11.6. The van der Waals surface area contributed by atoms with Crippen molar-refractivity contribution in [1.29, 1.82) is 0 Å². The third kappa shape index (κ3) is 2.78. The van der Waals surface area contributed by atoms with Crippen molar-refractivity contribution >= 4 is 17.2 Å². The molecule has 24 heavy (non-hydrogen) atoms. The summed E-state index contributed by atoms with van der Waals surface area (Å²) >= 11 is 1.44. The van der Waals surface area contributed by atoms with E-state index in [-0.39, 0.29) is 17.9 Å². The number of aliphatic hydroxyl groups excluding tert-OH is 1. The molecule has 0 radical (unpaired) electrons. The number of thiazole rings is 1. The molecular formula is C18H26N2O3S. The third-order valence-corrected chi connectivity index (χ3v) is 7.16. The first kappa shape index (κ1) is 16.5. The quantitative estimate of drug-likeness (QED) is 0.886. The number of nitrogens with zero attached hydrogens (tertiary/aromatic N) is 2. The molecule has 132 valence electrons. The second-order valence-corrected chi connectivity index (χ2v) is 8.76. The summed E-state index contributed by atoms with van der Waals surface area (Å²) < 4.78 is 7.07. The number of aromatic nitrogens is 1. The van der Waals surface area contributed by atoms with Gasteiger partial charge in [-0.05, 0) is 56.3 Å². The van der Waals surface area contributed by atoms with E-state index in [1.54, 1.807) is 7.11 Å². The highest BCUT2D eigenvalue weighted by atomic mass is 32.1. The summed E-state index contributed by atoms with van der Waals surface area (Å²) in [5, 5.41) is 11.4. The molecule has 4 bridgehead atoms. The molecule has 1 N–H and O–H groups in total. The van der Waals surface area contributed by atoms with Crippen LogP contribution in [0.2, 0.25) is 0 Å². The number of methoxy groups -OCH3 is 1. The Balaban J connectivity index is 1.64. The zero-order chi connectivity index (χ0) is 16.7. The lowest BCUT2D eigenvalue weighted by Crippen LogP contribution is -2.50. The lowest BCUT2D eigenvalue weighted by atomic mass is 9.49. The number of rotatable bonds is 5. The topological polar surface area (TPSA) is 63.8 Å². The number of hydrogen-bond acceptors (Lipinski definition) is 4. The Morgan fingerprint density at radius 3 is 2.50 bits per heavy atom. The Labute approximate surface area is 146 Å². The van der Waals surface area contributed by atoms with E-state index < -0.39 is 0 Å². The summed E-state index contributed by atoms with van der Waals surface area (Å²) in [5.74, 6) is 2.31. The smallest absolute Gasteiger partial charge is 0.254 e. The van der Waals surface area contributed by atoms with Gasteiger partial charge in [-0.2, -0.15) is 4.99 Å². The van der Waals surface area contributed by atoms with Gasteiger partial charge in [0.05, 0.1) is 24.3 Å². The van der Waals surface area contributed by atoms with Crippen molar-refractivity contribution in [2.45, 2.75) is 51.7 Å². The van der Waals surface area contributed by atoms with Gasteiger partial charge in [0, 0.05) is 19.0 Å². The van der Waals surface area contributed by atoms with Gasteiger partial charge in [-0.15, -0.1) is 11.3 Å². The summed E-state index contributed by atoms with van der Waals surface area (Å²) in [6.07, 6.45) is 7.10. The van der Waals surface area contributed by atoms with Crippen LogP contribution in [0, 0.1) is 23.2 Å². The SMILES string of the molecule is COCCn1c(CO)csc1=NC(=O)C12CC3CC(CC(C3)C1)C2. The minimum absolute atomic E-state index is 0.0404. The Morgan fingerprint density at radius 2 is 1.96 bits per heavy atom. The Morgan fingerprint density at radius 1 is 1.33 bits per heavy atom. The normalized spacial score (nSPS) is 34.9. The molecule has 4 fully saturated rings. The lowest BCUT2D eigenvalue weighted by Gasteiger charge is -2.55. The van der Waals surface area contributed by atoms with Crippen molar-refractivity contribution < 1.29 is 14.6 Å². The first-order valence-corrected chi connectivity index (χ1v) is 9.87. The molecule has 4 saturated carbocycles. The monoisotopic (exact) mass is 350 g/mol. The van der Waals surface area contributed by atoms with E-state index in [0.717, 1.165) is 42.7 Å². The fourth-order valence-corrected chi connectivity index (χ4v) is 6.49. The van der Waals surface area contributed by atoms with Gasteiger partial charge in [0.15, 0.2) is 4.80 Å². The second-order valence-electron chi connectivity index (χ2n) is 7.93. The maximum atomic E-state index is 13.1. The maximum absolute atomic E-state index is 13.1. The highest BCUT2D eigenvalue weighted by Gasteiger charge is 2.54. The van der Waals surface area contributed by atoms with E-state index in [9.17, 15) is 9.90 Å². The number of carbonyl (C=O) groups excluding carboxylic acids is 1. The molecule has 1 heterocycles. The average molecular weight is 350 g/mol. The standard InChI is InChI=1S/C18H26N2O3S/c1-23-3-2-20-15(10-21)11-24-17(20)19-16(22)18-7-12-4-13(8-18)6-14(5-12)9-18/h11-14,21H,2-10H2,1H3. The van der Waals surface area contributed by atoms with Gasteiger partial charge in [-0.25, -0.2) is 0 Å². The van der Waals surface area contributed by atoms with Crippen LogP contribution in [0.3, 0.4) is 0 Å². The third-order valence-electron chi connectivity index (χ3n) is 6.25. The van der Waals surface area contributed by atoms with Crippen LogP contribution in [0.5, 0.6) is 0 Å². The summed E-state index contributed by atoms with van der Waals surface area (Å²) in [6.45, 7) is 1.12. The highest BCUT2D eigenvalue weighted by molar-refractivity contribution is 7.07. The maximum Gasteiger partial charge on any atom is 0.254 e. The second kappa shape index (κ2) is 6.39. The fraction of sp³-hybridized carbons (Fsp3) is 0.778. The lowest BCUT2D eigenvalue weighted by molar-refractivity contribution is -0.142. The van der Waals surface area contributed by atoms with Crippen LogP contribution in [0.15, 0.2) is 10.4 Å². The zero-order valence-electron chi connectivity index (χ0n) is 14.2. The molecule has 0 atom stereocenters. The van der Waals surface area contributed by atoms with E-state index in [2.05, 4.69) is 4.99 Å². The van der Waals surface area contributed by atoms with E-state index >= 15 is 0 Å². The van der Waals surface area contributed by atoms with Crippen LogP contribution in [0.1, 0.15) is 44.2 Å². The van der Waals surface area contributed by atoms with E-state index in [0.29, 0.717) is 18.0 Å². The number of ether oxygens (including phenoxy) is 1. The van der Waals surface area contributed by atoms with Gasteiger partial charge < -0.3 is 14.4 Å². The van der Waals surface area contributed by atoms with Crippen LogP contribution in [0.4, 0.5) is 0 Å². The average Bonchev–Trinajstić information content (AvgIpc) is 2.93. The van der Waals surface area contributed by atoms with Crippen molar-refractivity contribution in [2.24, 2.45) is 28.2 Å². The van der Waals surface area contributed by atoms with Gasteiger partial charge in [0.1, 0.15) is 0 Å². The van der Waals surface area contributed by atoms with Gasteiger partial charge in [-0.3, -0.25) is 4.79 Å². The van der Waals surface area contributed by atoms with Crippen molar-refractivity contribution in [3.05, 3.63) is 15.9 Å². The number of carbonyl (C=O) groups is 1. The Hall–Kier alpha value is -0.980. The molecule has 5 rings (SSSR count). The molecule has 1 aromatic rings. The summed E-state index contributed by atoms with van der Waals surface area (Å²) in [6, 6.07) is 0. The van der Waals surface area contributed by atoms with E-state index in [1.165, 1.54) is 30.6 Å². The van der Waals surface area contributed by atoms with Crippen LogP contribution in [0.25, 0.3) is 0 Å². The van der Waals surface area contributed by atoms with Crippen molar-refractivity contribution in [1.82, 2.24) is 4.57 Å². The number of hydrogen-bond donors (Lipinski definition) is 1. The molecule has 0 saturated heterocycles. The Kier molecular flexibility index (Phi) is 4.39. The largest absolute Gasteiger partial charge is 0.390 e. The van der Waals surface area contributed by atoms with E-state index in [4.69, 9.17) is 4.74 Å². The van der Waals surface area contributed by atoms with Crippen molar-refractivity contribution in [2.75, 3.05) is 13.7 Å². The summed E-state index contributed by atoms with van der Waals surface area (Å²) in [5.41, 5.74) is 0.603. The van der Waals surface area contributed by atoms with Crippen molar-refractivity contribution in [3.8, 4) is 0 Å². The molecule has 5 nitrogen and oxygen atoms in total. The molecule has 1 amide bonds. The fourth-order valence-electron chi connectivity index (χ4n) is 5.58. The molecule has 0 spiro atoms. The minimum Gasteiger partial charge on any atom is -0.390 e. The highest BCUT2D eigenvalue weighted by Crippen LogP contribution is 2.60. The van der Waals surface area contributed by atoms with Crippen LogP contribution in [-0.2, 0) is 22.7 Å². The molecule has 0 unspecified atom stereocenters. The first-order valence-electron chi connectivity index (χ1n) is 8.99. The summed E-state index contributed by atoms with van der Waals surface area (Å²) in [7, 11) is 1.66. The summed E-state index contributed by atoms with van der Waals surface area (Å²) in [4.78, 5) is 18.4. The molecule has 4 aliphatic rings. The molecule has 0 aromatic carbocycles. The zero-order valence-corrected chi connectivity index (χ0v) is 15.1. The van der Waals surface area contributed by atoms with Gasteiger partial charge in [0.25, 0.3) is 5.91 Å². The predicted molar refractivity (Wildman–Crippen MR) is 91.3 cm³/mol. The predicted octanol–water partition coefficient (Wildman–Crippen LogP) is 2.33. The van der Waals surface area contributed by atoms with Crippen LogP contribution < -0.4 is 4.80 Å². The minimum atomic E-state index is -0.197. The number of amides is 1. The van der Waals surface area contributed by atoms with Crippen molar-refractivity contribution in [3.63, 3.8) is 0 Å². The van der Waals surface area contributed by atoms with Gasteiger partial charge in [-0.1, -0.05) is 0 Å². The molecular weight excluding hydrogens is 324 g/mol. The molecule has 1 aromatic heterocycles. The molecule has 4 aliphatic carbocycles. The van der Waals surface area contributed by atoms with Gasteiger partial charge >= 0.3 is 0 Å². The number of aliphatic hydroxyl groups is 1. The van der Waals surface area contributed by atoms with Crippen LogP contribution in [-0.4, -0.2) is 29.3 Å².